The molecule has 3 rings (SSSR count). The summed E-state index contributed by atoms with van der Waals surface area (Å²) in [6.45, 7) is 1.83. The molecule has 7 N–H and O–H groups in total. The van der Waals surface area contributed by atoms with Gasteiger partial charge in [-0.25, -0.2) is 0 Å². The maximum atomic E-state index is 7.67. The minimum Gasteiger partial charge on any atom is -0.507 e. The van der Waals surface area contributed by atoms with Crippen LogP contribution < -0.4 is 0 Å². The Bertz CT molecular complexity index is 1110. The average molecular weight is 391 g/mol. The molecule has 0 saturated heterocycles. The quantitative estimate of drug-likeness (QED) is 0.249. The maximum Gasteiger partial charge on any atom is 0.293 e. The molecule has 7 nitrogen and oxygen atoms in total. The molecule has 0 aliphatic carbocycles. The van der Waals surface area contributed by atoms with Crippen LogP contribution in [-0.4, -0.2) is 45.8 Å². The summed E-state index contributed by atoms with van der Waals surface area (Å²) in [5.41, 5.74) is 2.72. The first-order valence-corrected chi connectivity index (χ1v) is 8.32. The molecule has 0 aliphatic heterocycles. The zero-order valence-corrected chi connectivity index (χ0v) is 14.7. The van der Waals surface area contributed by atoms with Crippen molar-refractivity contribution in [3.8, 4) is 40.2 Å². The van der Waals surface area contributed by atoms with Crippen LogP contribution in [0.25, 0.3) is 0 Å². The number of rotatable bonds is 11. The van der Waals surface area contributed by atoms with Gasteiger partial charge < -0.3 is 35.8 Å². The monoisotopic (exact) mass is 391 g/mol. The van der Waals surface area contributed by atoms with E-state index in [1.165, 1.54) is 24.3 Å². The highest BCUT2D eigenvalue weighted by Gasteiger charge is 2.17. The lowest BCUT2D eigenvalue weighted by atomic mass is 9.94. The molecule has 0 fully saturated rings. The third kappa shape index (κ3) is 3.42. The van der Waals surface area contributed by atoms with E-state index in [4.69, 9.17) is 15.1 Å². The minimum absolute atomic E-state index is 0.108. The Morgan fingerprint density at radius 2 is 1.04 bits per heavy atom. The van der Waals surface area contributed by atoms with Crippen LogP contribution in [0.5, 0.6) is 40.2 Å². The molecule has 28 heavy (non-hydrogen) atoms. The molecule has 0 aromatic heterocycles. The molecular formula is C21H20O7. The second kappa shape index (κ2) is 7.11. The van der Waals surface area contributed by atoms with Gasteiger partial charge in [0, 0.05) is 24.0 Å². The number of hydrogen-bond acceptors (Lipinski definition) is 7. The van der Waals surface area contributed by atoms with Gasteiger partial charge in [0.15, 0.2) is 23.0 Å². The zero-order chi connectivity index (χ0) is 25.5. The second-order valence-corrected chi connectivity index (χ2v) is 6.53. The second-order valence-electron chi connectivity index (χ2n) is 6.53. The van der Waals surface area contributed by atoms with Crippen LogP contribution in [0.2, 0.25) is 0 Å². The van der Waals surface area contributed by atoms with E-state index in [1.807, 2.05) is 6.92 Å². The number of hydrogen-bond donors (Lipinski definition) is 7. The van der Waals surface area contributed by atoms with E-state index >= 15 is 0 Å². The van der Waals surface area contributed by atoms with Gasteiger partial charge in [0.2, 0.25) is 11.5 Å². The lowest BCUT2D eigenvalue weighted by Gasteiger charge is -2.14. The molecule has 0 radical (unpaired) electrons. The number of benzene rings is 3. The van der Waals surface area contributed by atoms with Crippen LogP contribution >= 0.6 is 0 Å². The first-order chi connectivity index (χ1) is 17.0. The summed E-state index contributed by atoms with van der Waals surface area (Å²) in [5.74, 6) is -0.776. The van der Waals surface area contributed by atoms with Crippen LogP contribution in [0.1, 0.15) is 27.8 Å². The molecule has 0 unspecified atom stereocenters. The fraction of sp³-hybridized carbons (Fsp3) is 0.143. The van der Waals surface area contributed by atoms with Gasteiger partial charge in [-0.2, -0.15) is 0 Å². The Labute approximate surface area is 171 Å². The van der Waals surface area contributed by atoms with Crippen molar-refractivity contribution in [2.75, 3.05) is 0 Å². The van der Waals surface area contributed by atoms with Crippen LogP contribution in [0.4, 0.5) is 0 Å². The largest absolute Gasteiger partial charge is 0.507 e. The van der Waals surface area contributed by atoms with Gasteiger partial charge in [-0.1, -0.05) is 29.8 Å². The number of aromatic hydroxyl groups is 7. The zero-order valence-electron chi connectivity index (χ0n) is 21.7. The van der Waals surface area contributed by atoms with Gasteiger partial charge in [-0.05, 0) is 30.2 Å². The van der Waals surface area contributed by atoms with Crippen LogP contribution in [0.15, 0.2) is 36.4 Å². The molecule has 0 heterocycles. The van der Waals surface area contributed by atoms with E-state index < -0.39 is 0 Å². The van der Waals surface area contributed by atoms with E-state index in [9.17, 15) is 0 Å². The summed E-state index contributed by atoms with van der Waals surface area (Å²) in [6, 6.07) is 9.40. The van der Waals surface area contributed by atoms with Crippen molar-refractivity contribution in [3.05, 3.63) is 64.2 Å². The van der Waals surface area contributed by atoms with Crippen molar-refractivity contribution in [3.63, 3.8) is 0 Å². The van der Waals surface area contributed by atoms with Crippen molar-refractivity contribution in [1.82, 2.24) is 0 Å². The number of phenolic OH excluding ortho intramolecular Hbond substituents is 7. The molecule has 0 amide bonds. The van der Waals surface area contributed by atoms with Crippen molar-refractivity contribution in [1.29, 1.82) is 10.0 Å². The highest BCUT2D eigenvalue weighted by Crippen LogP contribution is 2.41. The molecule has 0 bridgehead atoms. The van der Waals surface area contributed by atoms with Gasteiger partial charge in [0.1, 0.15) is 5.75 Å². The SMILES string of the molecule is [2H]Oc1ccc(Cc2cc(C)cc(Cc3ccc(O[2H])c(O[2H])c3O[2H])c2O[2H])c(O[2H])c1O[2H]. The van der Waals surface area contributed by atoms with E-state index in [0.717, 1.165) is 5.56 Å². The Balaban J connectivity index is 2.08. The predicted octanol–water partition coefficient (Wildman–Crippen LogP) is 3.12. The first kappa shape index (κ1) is 11.9. The molecule has 3 aromatic carbocycles. The normalized spacial score (nSPS) is 13.4. The van der Waals surface area contributed by atoms with Crippen molar-refractivity contribution >= 4 is 0 Å². The molecular weight excluding hydrogens is 364 g/mol. The third-order valence-electron chi connectivity index (χ3n) is 4.46. The third-order valence-corrected chi connectivity index (χ3v) is 4.46. The Kier molecular flexibility index (Phi) is 3.01. The summed E-state index contributed by atoms with van der Waals surface area (Å²) in [5, 5.41) is 32.1. The molecule has 3 aromatic rings. The van der Waals surface area contributed by atoms with Gasteiger partial charge >= 0.3 is 0 Å². The standard InChI is InChI=1S/C21H20O7/c1-10-6-13(8-11-2-4-15(22)20(27)18(11)25)17(24)14(7-10)9-12-3-5-16(23)21(28)19(12)26/h2-7,22-28H,8-9H2,1H3/i/hD7. The summed E-state index contributed by atoms with van der Waals surface area (Å²) < 4.78 is 51.1. The lowest BCUT2D eigenvalue weighted by Crippen LogP contribution is -1.97. The number of aryl methyl sites for hydroxylation is 1. The Morgan fingerprint density at radius 3 is 1.43 bits per heavy atom. The minimum atomic E-state index is -0.245. The topological polar surface area (TPSA) is 142 Å². The summed E-state index contributed by atoms with van der Waals surface area (Å²) in [4.78, 5) is 0. The van der Waals surface area contributed by atoms with Gasteiger partial charge in [-0.3, -0.25) is 0 Å². The van der Waals surface area contributed by atoms with Crippen molar-refractivity contribution in [2.45, 2.75) is 19.8 Å². The van der Waals surface area contributed by atoms with Crippen LogP contribution in [0.3, 0.4) is 0 Å². The Morgan fingerprint density at radius 1 is 0.571 bits per heavy atom. The van der Waals surface area contributed by atoms with E-state index in [-0.39, 0.29) is 53.1 Å². The fourth-order valence-electron chi connectivity index (χ4n) is 3.05. The highest BCUT2D eigenvalue weighted by atomic mass is 16.3. The van der Waals surface area contributed by atoms with Crippen molar-refractivity contribution < 1.29 is 35.8 Å². The summed E-state index contributed by atoms with van der Waals surface area (Å²) in [7, 11) is 0. The fourth-order valence-corrected chi connectivity index (χ4v) is 3.05. The molecule has 0 saturated carbocycles. The summed E-state index contributed by atoms with van der Waals surface area (Å²) >= 11 is 0. The van der Waals surface area contributed by atoms with Gasteiger partial charge in [0.05, 0.1) is 0 Å². The molecule has 0 atom stereocenters. The first-order valence-electron chi connectivity index (χ1n) is 11.2. The van der Waals surface area contributed by atoms with Gasteiger partial charge in [-0.15, -0.1) is 0 Å². The molecule has 146 valence electrons. The van der Waals surface area contributed by atoms with Gasteiger partial charge in [0.25, 0.3) is 10.0 Å². The van der Waals surface area contributed by atoms with Crippen LogP contribution in [-0.2, 0) is 12.8 Å². The van der Waals surface area contributed by atoms with E-state index in [2.05, 4.69) is 30.7 Å². The average Bonchev–Trinajstić information content (AvgIpc) is 2.87. The van der Waals surface area contributed by atoms with Crippen molar-refractivity contribution in [2.24, 2.45) is 0 Å². The predicted molar refractivity (Wildman–Crippen MR) is 101 cm³/mol. The van der Waals surface area contributed by atoms with E-state index in [1.54, 1.807) is 12.1 Å². The number of phenols is 7. The Hall–Kier alpha value is -3.74. The molecule has 0 aliphatic rings. The summed E-state index contributed by atoms with van der Waals surface area (Å²) in [6.07, 6.45) is 0.223. The maximum absolute atomic E-state index is 7.67. The smallest absolute Gasteiger partial charge is 0.293 e. The van der Waals surface area contributed by atoms with Crippen LogP contribution in [0, 0.1) is 6.92 Å². The van der Waals surface area contributed by atoms with E-state index in [0.29, 0.717) is 22.3 Å². The lowest BCUT2D eigenvalue weighted by molar-refractivity contribution is 0.365. The molecule has 7 heteroatoms. The molecule has 0 spiro atoms. The highest BCUT2D eigenvalue weighted by molar-refractivity contribution is 5.58.